The Hall–Kier alpha value is -4.14. The molecule has 0 N–H and O–H groups in total. The van der Waals surface area contributed by atoms with Gasteiger partial charge in [0, 0.05) is 50.5 Å². The summed E-state index contributed by atoms with van der Waals surface area (Å²) >= 11 is 0. The molecule has 3 heterocycles. The number of pyridine rings is 1. The number of aromatic nitrogens is 3. The van der Waals surface area contributed by atoms with E-state index in [1.807, 2.05) is 44.6 Å². The van der Waals surface area contributed by atoms with Crippen LogP contribution in [0.3, 0.4) is 0 Å². The van der Waals surface area contributed by atoms with E-state index in [9.17, 15) is 10.3 Å². The van der Waals surface area contributed by atoms with E-state index in [1.165, 1.54) is 0 Å². The van der Waals surface area contributed by atoms with Crippen molar-refractivity contribution in [2.45, 2.75) is 45.4 Å². The number of imidazole rings is 1. The van der Waals surface area contributed by atoms with Gasteiger partial charge in [0.1, 0.15) is 11.6 Å². The van der Waals surface area contributed by atoms with Gasteiger partial charge in [-0.15, -0.1) is 0 Å². The van der Waals surface area contributed by atoms with E-state index >= 15 is 0 Å². The minimum Gasteiger partial charge on any atom is -0.444 e. The quantitative estimate of drug-likeness (QED) is 0.247. The number of hydrogen-bond donors (Lipinski definition) is 0. The first-order valence-electron chi connectivity index (χ1n) is 13.2. The first-order valence-corrected chi connectivity index (χ1v) is 13.2. The summed E-state index contributed by atoms with van der Waals surface area (Å²) < 4.78 is 7.50. The smallest absolute Gasteiger partial charge is 0.410 e. The summed E-state index contributed by atoms with van der Waals surface area (Å²) in [4.78, 5) is 29.2. The van der Waals surface area contributed by atoms with Crippen LogP contribution in [-0.4, -0.2) is 62.2 Å². The highest BCUT2D eigenvalue weighted by Gasteiger charge is 2.36. The Balaban J connectivity index is 1.58. The molecule has 0 saturated carbocycles. The molecule has 2 aliphatic rings. The van der Waals surface area contributed by atoms with Gasteiger partial charge in [-0.3, -0.25) is 9.88 Å². The van der Waals surface area contributed by atoms with Gasteiger partial charge < -0.3 is 14.2 Å². The monoisotopic (exact) mass is 526 g/mol. The zero-order valence-corrected chi connectivity index (χ0v) is 23.1. The number of aryl methyl sites for hydroxylation is 2. The van der Waals surface area contributed by atoms with E-state index in [4.69, 9.17) is 9.72 Å². The number of azide groups is 1. The largest absolute Gasteiger partial charge is 0.444 e. The van der Waals surface area contributed by atoms with E-state index in [-0.39, 0.29) is 12.1 Å². The highest BCUT2D eigenvalue weighted by molar-refractivity contribution is 5.89. The summed E-state index contributed by atoms with van der Waals surface area (Å²) in [5, 5.41) is 4.25. The maximum atomic E-state index is 12.7. The summed E-state index contributed by atoms with van der Waals surface area (Å²) in [6.07, 6.45) is 7.10. The van der Waals surface area contributed by atoms with Gasteiger partial charge in [-0.05, 0) is 67.6 Å². The molecule has 10 heteroatoms. The topological polar surface area (TPSA) is 112 Å². The molecule has 1 amide bonds. The van der Waals surface area contributed by atoms with Crippen molar-refractivity contribution in [2.24, 2.45) is 12.2 Å². The van der Waals surface area contributed by atoms with Crippen molar-refractivity contribution < 1.29 is 9.53 Å². The van der Waals surface area contributed by atoms with Crippen LogP contribution in [0.25, 0.3) is 22.1 Å². The van der Waals surface area contributed by atoms with Gasteiger partial charge in [0.2, 0.25) is 0 Å². The van der Waals surface area contributed by atoms with Crippen LogP contribution in [0.15, 0.2) is 54.2 Å². The second-order valence-corrected chi connectivity index (χ2v) is 11.1. The maximum absolute atomic E-state index is 12.7. The van der Waals surface area contributed by atoms with Gasteiger partial charge in [0.05, 0.1) is 23.8 Å². The predicted octanol–water partition coefficient (Wildman–Crippen LogP) is 5.67. The van der Waals surface area contributed by atoms with Crippen molar-refractivity contribution in [1.29, 1.82) is 0 Å². The zero-order valence-electron chi connectivity index (χ0n) is 23.1. The lowest BCUT2D eigenvalue weighted by molar-refractivity contribution is 0.0118. The van der Waals surface area contributed by atoms with Gasteiger partial charge >= 0.3 is 6.09 Å². The van der Waals surface area contributed by atoms with Crippen LogP contribution in [0.1, 0.15) is 66.5 Å². The molecular formula is C29H34N8O2. The normalized spacial score (nSPS) is 18.2. The van der Waals surface area contributed by atoms with Crippen LogP contribution in [0.2, 0.25) is 0 Å². The number of amides is 1. The average Bonchev–Trinajstić information content (AvgIpc) is 3.26. The molecule has 0 bridgehead atoms. The molecule has 1 fully saturated rings. The zero-order chi connectivity index (χ0) is 27.7. The highest BCUT2D eigenvalue weighted by Crippen LogP contribution is 2.45. The number of carbonyl (C=O) groups is 1. The molecule has 10 nitrogen and oxygen atoms in total. The van der Waals surface area contributed by atoms with Gasteiger partial charge in [0.25, 0.3) is 0 Å². The minimum atomic E-state index is -0.570. The van der Waals surface area contributed by atoms with Crippen LogP contribution < -0.4 is 0 Å². The molecule has 1 aliphatic carbocycles. The maximum Gasteiger partial charge on any atom is 0.410 e. The Morgan fingerprint density at radius 2 is 1.97 bits per heavy atom. The van der Waals surface area contributed by atoms with E-state index in [2.05, 4.69) is 57.2 Å². The van der Waals surface area contributed by atoms with Crippen molar-refractivity contribution in [3.63, 3.8) is 0 Å². The lowest BCUT2D eigenvalue weighted by Gasteiger charge is -2.40. The van der Waals surface area contributed by atoms with E-state index in [1.54, 1.807) is 17.4 Å². The standard InChI is InChI=1S/C29H34N8O2/c1-19-8-9-21-22(15-19)23(26(33-34-30)24-17-31-18-35(24)5)16-20-7-6-10-32-25(20)27(21)36-11-13-37(14-12-36)28(38)39-29(2,3)4/h6-10,15-18,26-27H,11-14H2,1-5H3/t26-,27-/m0/s1. The second-order valence-electron chi connectivity index (χ2n) is 11.1. The van der Waals surface area contributed by atoms with E-state index < -0.39 is 11.6 Å². The first-order chi connectivity index (χ1) is 18.7. The van der Waals surface area contributed by atoms with Crippen molar-refractivity contribution in [2.75, 3.05) is 26.2 Å². The third-order valence-electron chi connectivity index (χ3n) is 7.18. The summed E-state index contributed by atoms with van der Waals surface area (Å²) in [5.41, 5.74) is 15.9. The molecular weight excluding hydrogens is 492 g/mol. The molecule has 3 aromatic rings. The third-order valence-corrected chi connectivity index (χ3v) is 7.18. The Labute approximate surface area is 228 Å². The molecule has 2 aromatic heterocycles. The molecule has 39 heavy (non-hydrogen) atoms. The van der Waals surface area contributed by atoms with Gasteiger partial charge in [-0.25, -0.2) is 9.78 Å². The predicted molar refractivity (Wildman–Crippen MR) is 150 cm³/mol. The number of piperazine rings is 1. The second kappa shape index (κ2) is 10.6. The summed E-state index contributed by atoms with van der Waals surface area (Å²) in [6, 6.07) is 9.71. The number of fused-ring (bicyclic) bond motifs is 2. The van der Waals surface area contributed by atoms with Crippen molar-refractivity contribution >= 4 is 17.7 Å². The number of benzene rings is 1. The Morgan fingerprint density at radius 1 is 1.21 bits per heavy atom. The molecule has 1 saturated heterocycles. The number of carbonyl (C=O) groups excluding carboxylic acids is 1. The number of ether oxygens (including phenoxy) is 1. The van der Waals surface area contributed by atoms with Gasteiger partial charge in [-0.1, -0.05) is 34.9 Å². The highest BCUT2D eigenvalue weighted by atomic mass is 16.6. The van der Waals surface area contributed by atoms with Gasteiger partial charge in [0.15, 0.2) is 0 Å². The Bertz CT molecular complexity index is 1460. The fraction of sp³-hybridized carbons (Fsp3) is 0.414. The van der Waals surface area contributed by atoms with Crippen LogP contribution in [0, 0.1) is 6.92 Å². The van der Waals surface area contributed by atoms with Crippen LogP contribution in [0.5, 0.6) is 0 Å². The molecule has 1 aliphatic heterocycles. The summed E-state index contributed by atoms with van der Waals surface area (Å²) in [7, 11) is 1.90. The summed E-state index contributed by atoms with van der Waals surface area (Å²) in [5.74, 6) is 0. The Kier molecular flexibility index (Phi) is 7.16. The van der Waals surface area contributed by atoms with Crippen molar-refractivity contribution in [3.8, 4) is 0 Å². The van der Waals surface area contributed by atoms with E-state index in [0.29, 0.717) is 26.2 Å². The van der Waals surface area contributed by atoms with E-state index in [0.717, 1.165) is 39.2 Å². The number of nitrogens with zero attached hydrogens (tertiary/aromatic N) is 8. The fourth-order valence-electron chi connectivity index (χ4n) is 5.38. The molecule has 0 unspecified atom stereocenters. The number of rotatable bonds is 4. The number of hydrogen-bond acceptors (Lipinski definition) is 6. The van der Waals surface area contributed by atoms with Crippen LogP contribution in [0.4, 0.5) is 4.79 Å². The third kappa shape index (κ3) is 5.39. The van der Waals surface area contributed by atoms with Crippen molar-refractivity contribution in [3.05, 3.63) is 93.1 Å². The first kappa shape index (κ1) is 26.5. The average molecular weight is 527 g/mol. The van der Waals surface area contributed by atoms with Crippen LogP contribution >= 0.6 is 0 Å². The van der Waals surface area contributed by atoms with Crippen LogP contribution in [-0.2, 0) is 11.8 Å². The molecule has 0 radical (unpaired) electrons. The molecule has 0 spiro atoms. The summed E-state index contributed by atoms with van der Waals surface area (Å²) in [6.45, 7) is 10.2. The minimum absolute atomic E-state index is 0.135. The van der Waals surface area contributed by atoms with Gasteiger partial charge in [-0.2, -0.15) is 0 Å². The lowest BCUT2D eigenvalue weighted by atomic mass is 9.89. The van der Waals surface area contributed by atoms with Crippen molar-refractivity contribution in [1.82, 2.24) is 24.3 Å². The Morgan fingerprint density at radius 3 is 2.64 bits per heavy atom. The molecule has 1 aromatic carbocycles. The molecule has 5 rings (SSSR count). The molecule has 202 valence electrons. The fourth-order valence-corrected chi connectivity index (χ4v) is 5.38. The SMILES string of the molecule is Cc1ccc2c(c1)C([C@H](N=[N+]=[N-])c1cncn1C)=Cc1cccnc1[C@H]2N1CCN(C(=O)OC(C)(C)C)CC1. The lowest BCUT2D eigenvalue weighted by Crippen LogP contribution is -2.51. The molecule has 2 atom stereocenters.